The van der Waals surface area contributed by atoms with Crippen molar-refractivity contribution in [1.29, 1.82) is 0 Å². The van der Waals surface area contributed by atoms with Crippen LogP contribution >= 0.6 is 0 Å². The number of hydrogen-bond donors (Lipinski definition) is 1. The molecule has 0 heterocycles. The molecule has 0 spiro atoms. The van der Waals surface area contributed by atoms with E-state index in [1.54, 1.807) is 31.2 Å². The standard InChI is InChI=1S/C17H19NO5S/c1-4-18(13-7-5-8-14(11-13)23-3)24(21,22)16-10-6-9-15(12(16)2)17(19)20/h5-11H,4H2,1-3H3,(H,19,20). The number of anilines is 1. The zero-order chi connectivity index (χ0) is 17.9. The number of ether oxygens (including phenoxy) is 1. The molecule has 6 nitrogen and oxygen atoms in total. The van der Waals surface area contributed by atoms with E-state index >= 15 is 0 Å². The van der Waals surface area contributed by atoms with Crippen LogP contribution in [0.3, 0.4) is 0 Å². The van der Waals surface area contributed by atoms with Gasteiger partial charge in [-0.3, -0.25) is 4.31 Å². The second kappa shape index (κ2) is 6.92. The first-order valence-electron chi connectivity index (χ1n) is 7.32. The first kappa shape index (κ1) is 17.8. The summed E-state index contributed by atoms with van der Waals surface area (Å²) in [6, 6.07) is 11.0. The van der Waals surface area contributed by atoms with Gasteiger partial charge in [0.15, 0.2) is 0 Å². The van der Waals surface area contributed by atoms with Gasteiger partial charge in [0, 0.05) is 12.6 Å². The molecule has 0 aliphatic heterocycles. The predicted molar refractivity (Wildman–Crippen MR) is 91.3 cm³/mol. The molecule has 1 N–H and O–H groups in total. The fraction of sp³-hybridized carbons (Fsp3) is 0.235. The lowest BCUT2D eigenvalue weighted by atomic mass is 10.1. The first-order valence-corrected chi connectivity index (χ1v) is 8.76. The maximum Gasteiger partial charge on any atom is 0.335 e. The molecule has 0 saturated heterocycles. The van der Waals surface area contributed by atoms with Gasteiger partial charge in [0.2, 0.25) is 0 Å². The number of carbonyl (C=O) groups is 1. The monoisotopic (exact) mass is 349 g/mol. The summed E-state index contributed by atoms with van der Waals surface area (Å²) in [6.07, 6.45) is 0. The average Bonchev–Trinajstić information content (AvgIpc) is 2.55. The Bertz CT molecular complexity index is 861. The molecule has 2 rings (SSSR count). The zero-order valence-corrected chi connectivity index (χ0v) is 14.5. The van der Waals surface area contributed by atoms with Crippen molar-refractivity contribution in [2.75, 3.05) is 18.0 Å². The number of hydrogen-bond acceptors (Lipinski definition) is 4. The molecule has 0 amide bonds. The van der Waals surface area contributed by atoms with Crippen LogP contribution in [0.1, 0.15) is 22.8 Å². The maximum absolute atomic E-state index is 13.1. The Hall–Kier alpha value is -2.54. The minimum absolute atomic E-state index is 0.0212. The number of carboxylic acid groups (broad SMARTS) is 1. The van der Waals surface area contributed by atoms with E-state index < -0.39 is 16.0 Å². The van der Waals surface area contributed by atoms with E-state index in [0.717, 1.165) is 0 Å². The molecular weight excluding hydrogens is 330 g/mol. The second-order valence-corrected chi connectivity index (χ2v) is 6.94. The summed E-state index contributed by atoms with van der Waals surface area (Å²) in [7, 11) is -2.40. The second-order valence-electron chi connectivity index (χ2n) is 5.11. The van der Waals surface area contributed by atoms with Crippen molar-refractivity contribution < 1.29 is 23.1 Å². The van der Waals surface area contributed by atoms with Crippen LogP contribution in [0.4, 0.5) is 5.69 Å². The smallest absolute Gasteiger partial charge is 0.335 e. The maximum atomic E-state index is 13.1. The summed E-state index contributed by atoms with van der Waals surface area (Å²) < 4.78 is 32.5. The SMILES string of the molecule is CCN(c1cccc(OC)c1)S(=O)(=O)c1cccc(C(=O)O)c1C. The van der Waals surface area contributed by atoms with Crippen LogP contribution in [-0.4, -0.2) is 33.1 Å². The molecule has 0 aliphatic rings. The van der Waals surface area contributed by atoms with Crippen LogP contribution in [0.2, 0.25) is 0 Å². The van der Waals surface area contributed by atoms with Gasteiger partial charge in [-0.2, -0.15) is 0 Å². The van der Waals surface area contributed by atoms with Gasteiger partial charge in [0.05, 0.1) is 23.3 Å². The number of carboxylic acids is 1. The number of rotatable bonds is 6. The number of nitrogens with zero attached hydrogens (tertiary/aromatic N) is 1. The molecule has 0 aromatic heterocycles. The fourth-order valence-corrected chi connectivity index (χ4v) is 4.22. The highest BCUT2D eigenvalue weighted by Gasteiger charge is 2.27. The van der Waals surface area contributed by atoms with Gasteiger partial charge in [-0.25, -0.2) is 13.2 Å². The molecule has 128 valence electrons. The summed E-state index contributed by atoms with van der Waals surface area (Å²) in [4.78, 5) is 11.2. The molecule has 2 aromatic rings. The molecule has 0 bridgehead atoms. The summed E-state index contributed by atoms with van der Waals surface area (Å²) in [5.41, 5.74) is 0.640. The van der Waals surface area contributed by atoms with Crippen LogP contribution in [-0.2, 0) is 10.0 Å². The van der Waals surface area contributed by atoms with Gasteiger partial charge in [-0.1, -0.05) is 12.1 Å². The van der Waals surface area contributed by atoms with Crippen LogP contribution in [0, 0.1) is 6.92 Å². The van der Waals surface area contributed by atoms with Crippen molar-refractivity contribution >= 4 is 21.7 Å². The van der Waals surface area contributed by atoms with Gasteiger partial charge in [-0.15, -0.1) is 0 Å². The zero-order valence-electron chi connectivity index (χ0n) is 13.7. The molecule has 0 aliphatic carbocycles. The normalized spacial score (nSPS) is 11.1. The number of benzene rings is 2. The van der Waals surface area contributed by atoms with Crippen LogP contribution < -0.4 is 9.04 Å². The Morgan fingerprint density at radius 1 is 1.21 bits per heavy atom. The lowest BCUT2D eigenvalue weighted by Crippen LogP contribution is -2.31. The summed E-state index contributed by atoms with van der Waals surface area (Å²) in [5.74, 6) is -0.619. The third kappa shape index (κ3) is 3.21. The van der Waals surface area contributed by atoms with E-state index in [0.29, 0.717) is 11.4 Å². The lowest BCUT2D eigenvalue weighted by molar-refractivity contribution is 0.0696. The summed E-state index contributed by atoms with van der Waals surface area (Å²) >= 11 is 0. The number of sulfonamides is 1. The van der Waals surface area contributed by atoms with E-state index in [4.69, 9.17) is 4.74 Å². The Labute approximate surface area is 141 Å². The van der Waals surface area contributed by atoms with E-state index in [-0.39, 0.29) is 22.6 Å². The largest absolute Gasteiger partial charge is 0.497 e. The Kier molecular flexibility index (Phi) is 5.14. The average molecular weight is 349 g/mol. The van der Waals surface area contributed by atoms with Crippen molar-refractivity contribution in [3.63, 3.8) is 0 Å². The fourth-order valence-electron chi connectivity index (χ4n) is 2.50. The first-order chi connectivity index (χ1) is 11.3. The third-order valence-electron chi connectivity index (χ3n) is 3.71. The highest BCUT2D eigenvalue weighted by Crippen LogP contribution is 2.29. The van der Waals surface area contributed by atoms with E-state index in [1.807, 2.05) is 0 Å². The van der Waals surface area contributed by atoms with E-state index in [9.17, 15) is 18.3 Å². The van der Waals surface area contributed by atoms with Gasteiger partial charge >= 0.3 is 5.97 Å². The van der Waals surface area contributed by atoms with E-state index in [2.05, 4.69) is 0 Å². The highest BCUT2D eigenvalue weighted by atomic mass is 32.2. The molecule has 0 unspecified atom stereocenters. The van der Waals surface area contributed by atoms with Gasteiger partial charge in [0.25, 0.3) is 10.0 Å². The predicted octanol–water partition coefficient (Wildman–Crippen LogP) is 2.92. The minimum atomic E-state index is -3.90. The molecule has 0 atom stereocenters. The summed E-state index contributed by atoms with van der Waals surface area (Å²) in [5, 5.41) is 9.21. The van der Waals surface area contributed by atoms with Crippen molar-refractivity contribution in [3.05, 3.63) is 53.6 Å². The molecule has 0 saturated carbocycles. The number of aromatic carboxylic acids is 1. The number of methoxy groups -OCH3 is 1. The van der Waals surface area contributed by atoms with Crippen LogP contribution in [0.15, 0.2) is 47.4 Å². The van der Waals surface area contributed by atoms with Crippen LogP contribution in [0.5, 0.6) is 5.75 Å². The van der Waals surface area contributed by atoms with Crippen molar-refractivity contribution in [2.45, 2.75) is 18.7 Å². The Balaban J connectivity index is 2.59. The Morgan fingerprint density at radius 2 is 1.88 bits per heavy atom. The molecule has 7 heteroatoms. The molecule has 0 fully saturated rings. The molecular formula is C17H19NO5S. The quantitative estimate of drug-likeness (QED) is 0.867. The molecule has 2 aromatic carbocycles. The van der Waals surface area contributed by atoms with Crippen molar-refractivity contribution in [2.24, 2.45) is 0 Å². The third-order valence-corrected chi connectivity index (χ3v) is 5.76. The van der Waals surface area contributed by atoms with Gasteiger partial charge in [0.1, 0.15) is 5.75 Å². The van der Waals surface area contributed by atoms with E-state index in [1.165, 1.54) is 36.5 Å². The summed E-state index contributed by atoms with van der Waals surface area (Å²) in [6.45, 7) is 3.41. The highest BCUT2D eigenvalue weighted by molar-refractivity contribution is 7.92. The Morgan fingerprint density at radius 3 is 2.46 bits per heavy atom. The minimum Gasteiger partial charge on any atom is -0.497 e. The van der Waals surface area contributed by atoms with Crippen LogP contribution in [0.25, 0.3) is 0 Å². The molecule has 24 heavy (non-hydrogen) atoms. The van der Waals surface area contributed by atoms with Crippen molar-refractivity contribution in [1.82, 2.24) is 0 Å². The lowest BCUT2D eigenvalue weighted by Gasteiger charge is -2.24. The topological polar surface area (TPSA) is 83.9 Å². The molecule has 0 radical (unpaired) electrons. The van der Waals surface area contributed by atoms with Gasteiger partial charge < -0.3 is 9.84 Å². The van der Waals surface area contributed by atoms with Gasteiger partial charge in [-0.05, 0) is 43.7 Å². The van der Waals surface area contributed by atoms with Crippen molar-refractivity contribution in [3.8, 4) is 5.75 Å².